The van der Waals surface area contributed by atoms with E-state index in [0.717, 1.165) is 22.3 Å². The van der Waals surface area contributed by atoms with Crippen LogP contribution in [0.4, 0.5) is 5.69 Å². The van der Waals surface area contributed by atoms with Gasteiger partial charge < -0.3 is 5.32 Å². The maximum Gasteiger partial charge on any atom is 0.224 e. The smallest absolute Gasteiger partial charge is 0.224 e. The number of aromatic nitrogens is 2. The maximum absolute atomic E-state index is 11.8. The molecule has 1 N–H and O–H groups in total. The number of aryl methyl sites for hydroxylation is 1. The van der Waals surface area contributed by atoms with E-state index in [9.17, 15) is 4.79 Å². The van der Waals surface area contributed by atoms with Crippen molar-refractivity contribution in [2.24, 2.45) is 0 Å². The van der Waals surface area contributed by atoms with Gasteiger partial charge in [0.25, 0.3) is 0 Å². The third-order valence-corrected chi connectivity index (χ3v) is 4.62. The zero-order chi connectivity index (χ0) is 15.1. The van der Waals surface area contributed by atoms with Crippen molar-refractivity contribution < 1.29 is 4.79 Å². The van der Waals surface area contributed by atoms with Crippen molar-refractivity contribution in [2.75, 3.05) is 11.1 Å². The monoisotopic (exact) mass is 318 g/mol. The average Bonchev–Trinajstić information content (AvgIpc) is 2.90. The summed E-state index contributed by atoms with van der Waals surface area (Å²) < 4.78 is 5.04. The molecule has 0 aliphatic carbocycles. The zero-order valence-corrected chi connectivity index (χ0v) is 13.1. The molecule has 1 amide bonds. The van der Waals surface area contributed by atoms with Crippen LogP contribution in [-0.4, -0.2) is 21.0 Å². The largest absolute Gasteiger partial charge is 0.325 e. The number of nitriles is 1. The Morgan fingerprint density at radius 1 is 1.48 bits per heavy atom. The van der Waals surface area contributed by atoms with Crippen LogP contribution in [0.5, 0.6) is 0 Å². The number of hydrogen-bond donors (Lipinski definition) is 1. The van der Waals surface area contributed by atoms with Crippen LogP contribution in [0.25, 0.3) is 0 Å². The molecule has 0 radical (unpaired) electrons. The molecule has 0 atom stereocenters. The molecule has 1 aromatic heterocycles. The fraction of sp³-hybridized carbons (Fsp3) is 0.286. The van der Waals surface area contributed by atoms with Crippen molar-refractivity contribution in [1.29, 1.82) is 5.26 Å². The van der Waals surface area contributed by atoms with Crippen molar-refractivity contribution in [3.05, 3.63) is 35.7 Å². The molecule has 0 saturated carbocycles. The summed E-state index contributed by atoms with van der Waals surface area (Å²) in [4.78, 5) is 16.1. The number of carbonyl (C=O) groups is 1. The summed E-state index contributed by atoms with van der Waals surface area (Å²) >= 11 is 2.99. The van der Waals surface area contributed by atoms with Crippen LogP contribution >= 0.6 is 23.3 Å². The predicted octanol–water partition coefficient (Wildman–Crippen LogP) is 3.23. The molecule has 108 valence electrons. The maximum atomic E-state index is 11.8. The molecular weight excluding hydrogens is 304 g/mol. The second-order valence-corrected chi connectivity index (χ2v) is 6.36. The molecule has 0 unspecified atom stereocenters. The van der Waals surface area contributed by atoms with Crippen molar-refractivity contribution in [3.8, 4) is 6.07 Å². The summed E-state index contributed by atoms with van der Waals surface area (Å²) in [6.45, 7) is 1.86. The Morgan fingerprint density at radius 2 is 2.29 bits per heavy atom. The molecule has 5 nitrogen and oxygen atoms in total. The van der Waals surface area contributed by atoms with Crippen LogP contribution in [0, 0.1) is 18.3 Å². The SMILES string of the molecule is Cc1nsc(SCCCC(=O)Nc2ccccc2C#N)n1. The average molecular weight is 318 g/mol. The van der Waals surface area contributed by atoms with Crippen LogP contribution in [0.3, 0.4) is 0 Å². The molecule has 21 heavy (non-hydrogen) atoms. The highest BCUT2D eigenvalue weighted by molar-refractivity contribution is 8.00. The number of hydrogen-bond acceptors (Lipinski definition) is 6. The van der Waals surface area contributed by atoms with Gasteiger partial charge in [0.2, 0.25) is 5.91 Å². The molecule has 2 rings (SSSR count). The lowest BCUT2D eigenvalue weighted by Gasteiger charge is -2.06. The number of benzene rings is 1. The number of anilines is 1. The first kappa shape index (κ1) is 15.5. The van der Waals surface area contributed by atoms with Gasteiger partial charge in [0.05, 0.1) is 11.3 Å². The van der Waals surface area contributed by atoms with Gasteiger partial charge in [-0.1, -0.05) is 23.9 Å². The molecule has 0 fully saturated rings. The number of rotatable bonds is 6. The fourth-order valence-electron chi connectivity index (χ4n) is 1.63. The fourth-order valence-corrected chi connectivity index (χ4v) is 3.29. The number of thioether (sulfide) groups is 1. The van der Waals surface area contributed by atoms with Crippen molar-refractivity contribution in [2.45, 2.75) is 24.1 Å². The third-order valence-electron chi connectivity index (χ3n) is 2.60. The normalized spacial score (nSPS) is 10.1. The second-order valence-electron chi connectivity index (χ2n) is 4.27. The second kappa shape index (κ2) is 7.76. The molecule has 0 aliphatic rings. The van der Waals surface area contributed by atoms with Crippen LogP contribution in [-0.2, 0) is 4.79 Å². The van der Waals surface area contributed by atoms with Gasteiger partial charge in [-0.3, -0.25) is 4.79 Å². The molecule has 0 saturated heterocycles. The minimum atomic E-state index is -0.0771. The van der Waals surface area contributed by atoms with E-state index in [1.54, 1.807) is 36.0 Å². The highest BCUT2D eigenvalue weighted by Crippen LogP contribution is 2.21. The third kappa shape index (κ3) is 4.85. The first-order chi connectivity index (χ1) is 10.2. The van der Waals surface area contributed by atoms with E-state index in [1.807, 2.05) is 6.92 Å². The first-order valence-corrected chi connectivity index (χ1v) is 8.17. The zero-order valence-electron chi connectivity index (χ0n) is 11.5. The van der Waals surface area contributed by atoms with Gasteiger partial charge in [0, 0.05) is 12.2 Å². The molecule has 0 aliphatic heterocycles. The summed E-state index contributed by atoms with van der Waals surface area (Å²) in [7, 11) is 0. The van der Waals surface area contributed by atoms with Gasteiger partial charge in [0.15, 0.2) is 4.34 Å². The van der Waals surface area contributed by atoms with E-state index in [0.29, 0.717) is 17.7 Å². The van der Waals surface area contributed by atoms with E-state index >= 15 is 0 Å². The summed E-state index contributed by atoms with van der Waals surface area (Å²) in [5.74, 6) is 1.53. The Bertz CT molecular complexity index is 663. The molecular formula is C14H14N4OS2. The Kier molecular flexibility index (Phi) is 5.72. The Hall–Kier alpha value is -1.91. The predicted molar refractivity (Wildman–Crippen MR) is 84.4 cm³/mol. The number of para-hydroxylation sites is 1. The van der Waals surface area contributed by atoms with E-state index in [2.05, 4.69) is 20.7 Å². The van der Waals surface area contributed by atoms with Crippen molar-refractivity contribution >= 4 is 34.9 Å². The van der Waals surface area contributed by atoms with Crippen LogP contribution in [0.15, 0.2) is 28.6 Å². The van der Waals surface area contributed by atoms with Crippen molar-refractivity contribution in [3.63, 3.8) is 0 Å². The van der Waals surface area contributed by atoms with E-state index in [-0.39, 0.29) is 5.91 Å². The lowest BCUT2D eigenvalue weighted by Crippen LogP contribution is -2.12. The molecule has 1 aromatic carbocycles. The van der Waals surface area contributed by atoms with E-state index < -0.39 is 0 Å². The number of nitrogens with one attached hydrogen (secondary N) is 1. The lowest BCUT2D eigenvalue weighted by molar-refractivity contribution is -0.116. The molecule has 2 aromatic rings. The van der Waals surface area contributed by atoms with Gasteiger partial charge in [-0.05, 0) is 37.0 Å². The quantitative estimate of drug-likeness (QED) is 0.653. The number of carbonyl (C=O) groups excluding carboxylic acids is 1. The first-order valence-electron chi connectivity index (χ1n) is 6.41. The molecule has 7 heteroatoms. The van der Waals surface area contributed by atoms with Crippen LogP contribution in [0.1, 0.15) is 24.2 Å². The highest BCUT2D eigenvalue weighted by atomic mass is 32.2. The topological polar surface area (TPSA) is 78.7 Å². The molecule has 1 heterocycles. The summed E-state index contributed by atoms with van der Waals surface area (Å²) in [5, 5.41) is 11.7. The van der Waals surface area contributed by atoms with Gasteiger partial charge in [-0.2, -0.15) is 9.64 Å². The van der Waals surface area contributed by atoms with Gasteiger partial charge in [0.1, 0.15) is 11.9 Å². The Labute approximate surface area is 131 Å². The number of nitrogens with zero attached hydrogens (tertiary/aromatic N) is 3. The Morgan fingerprint density at radius 3 is 3.00 bits per heavy atom. The highest BCUT2D eigenvalue weighted by Gasteiger charge is 2.07. The van der Waals surface area contributed by atoms with Gasteiger partial charge >= 0.3 is 0 Å². The van der Waals surface area contributed by atoms with Crippen molar-refractivity contribution in [1.82, 2.24) is 9.36 Å². The van der Waals surface area contributed by atoms with Gasteiger partial charge in [-0.15, -0.1) is 0 Å². The summed E-state index contributed by atoms with van der Waals surface area (Å²) in [6.07, 6.45) is 1.17. The van der Waals surface area contributed by atoms with E-state index in [4.69, 9.17) is 5.26 Å². The summed E-state index contributed by atoms with van der Waals surface area (Å²) in [6, 6.07) is 9.04. The van der Waals surface area contributed by atoms with E-state index in [1.165, 1.54) is 11.5 Å². The Balaban J connectivity index is 1.74. The minimum absolute atomic E-state index is 0.0771. The number of amides is 1. The molecule has 0 spiro atoms. The van der Waals surface area contributed by atoms with Gasteiger partial charge in [-0.25, -0.2) is 4.98 Å². The lowest BCUT2D eigenvalue weighted by atomic mass is 10.2. The summed E-state index contributed by atoms with van der Waals surface area (Å²) in [5.41, 5.74) is 1.04. The van der Waals surface area contributed by atoms with Crippen LogP contribution < -0.4 is 5.32 Å². The molecule has 0 bridgehead atoms. The minimum Gasteiger partial charge on any atom is -0.325 e. The van der Waals surface area contributed by atoms with Crippen LogP contribution in [0.2, 0.25) is 0 Å². The standard InChI is InChI=1S/C14H14N4OS2/c1-10-16-14(21-18-10)20-8-4-7-13(19)17-12-6-3-2-5-11(12)9-15/h2-3,5-6H,4,7-8H2,1H3,(H,17,19).